The van der Waals surface area contributed by atoms with Crippen LogP contribution in [0.4, 0.5) is 5.69 Å². The van der Waals surface area contributed by atoms with Gasteiger partial charge in [0.1, 0.15) is 11.4 Å². The minimum Gasteiger partial charge on any atom is -0.496 e. The number of para-hydroxylation sites is 1. The summed E-state index contributed by atoms with van der Waals surface area (Å²) in [5.74, 6) is 0.356. The number of rotatable bonds is 6. The van der Waals surface area contributed by atoms with E-state index in [1.54, 1.807) is 32.5 Å². The number of hydrogen-bond donors (Lipinski definition) is 0. The molecule has 1 aromatic heterocycles. The summed E-state index contributed by atoms with van der Waals surface area (Å²) in [5.41, 5.74) is 1.27. The fourth-order valence-electron chi connectivity index (χ4n) is 3.02. The molecule has 1 atom stereocenters. The van der Waals surface area contributed by atoms with Gasteiger partial charge in [0.05, 0.1) is 24.4 Å². The van der Waals surface area contributed by atoms with Gasteiger partial charge in [-0.1, -0.05) is 18.2 Å². The van der Waals surface area contributed by atoms with Crippen molar-refractivity contribution < 1.29 is 14.5 Å². The van der Waals surface area contributed by atoms with Gasteiger partial charge in [-0.2, -0.15) is 0 Å². The second-order valence-electron chi connectivity index (χ2n) is 6.26. The highest BCUT2D eigenvalue weighted by Gasteiger charge is 2.24. The first-order chi connectivity index (χ1) is 13.4. The number of aromatic nitrogens is 2. The standard InChI is InChI=1S/C20H20N4O4/c1-14(16-6-4-5-7-19(16)28-3)22(2)20(25)15-8-9-17(18(12-15)24(26)27)23-11-10-21-13-23/h4-14H,1-3H3. The first kappa shape index (κ1) is 19.1. The molecule has 0 saturated carbocycles. The summed E-state index contributed by atoms with van der Waals surface area (Å²) < 4.78 is 6.91. The molecule has 8 nitrogen and oxygen atoms in total. The number of hydrogen-bond acceptors (Lipinski definition) is 5. The van der Waals surface area contributed by atoms with E-state index in [1.165, 1.54) is 28.1 Å². The van der Waals surface area contributed by atoms with E-state index in [0.717, 1.165) is 5.56 Å². The van der Waals surface area contributed by atoms with Gasteiger partial charge in [-0.15, -0.1) is 0 Å². The molecule has 0 spiro atoms. The van der Waals surface area contributed by atoms with Crippen LogP contribution in [0.25, 0.3) is 5.69 Å². The Balaban J connectivity index is 1.93. The number of nitrogens with zero attached hydrogens (tertiary/aromatic N) is 4. The van der Waals surface area contributed by atoms with Gasteiger partial charge < -0.3 is 14.2 Å². The molecule has 0 fully saturated rings. The highest BCUT2D eigenvalue weighted by molar-refractivity contribution is 5.95. The molecule has 1 unspecified atom stereocenters. The summed E-state index contributed by atoms with van der Waals surface area (Å²) in [4.78, 5) is 29.4. The van der Waals surface area contributed by atoms with Crippen molar-refractivity contribution in [2.45, 2.75) is 13.0 Å². The van der Waals surface area contributed by atoms with E-state index >= 15 is 0 Å². The van der Waals surface area contributed by atoms with Crippen LogP contribution in [-0.4, -0.2) is 39.4 Å². The summed E-state index contributed by atoms with van der Waals surface area (Å²) in [6.07, 6.45) is 4.62. The summed E-state index contributed by atoms with van der Waals surface area (Å²) in [5, 5.41) is 11.5. The zero-order chi connectivity index (χ0) is 20.3. The Morgan fingerprint density at radius 1 is 1.29 bits per heavy atom. The second kappa shape index (κ2) is 7.91. The van der Waals surface area contributed by atoms with Gasteiger partial charge in [-0.3, -0.25) is 14.9 Å². The number of nitro benzene ring substituents is 1. The fourth-order valence-corrected chi connectivity index (χ4v) is 3.02. The molecule has 0 aliphatic heterocycles. The second-order valence-corrected chi connectivity index (χ2v) is 6.26. The smallest absolute Gasteiger partial charge is 0.294 e. The van der Waals surface area contributed by atoms with Crippen LogP contribution in [-0.2, 0) is 0 Å². The Labute approximate surface area is 162 Å². The molecule has 3 rings (SSSR count). The normalized spacial score (nSPS) is 11.7. The van der Waals surface area contributed by atoms with Gasteiger partial charge in [0, 0.05) is 36.6 Å². The lowest BCUT2D eigenvalue weighted by atomic mass is 10.0. The molecular weight excluding hydrogens is 360 g/mol. The molecule has 28 heavy (non-hydrogen) atoms. The average molecular weight is 380 g/mol. The van der Waals surface area contributed by atoms with E-state index in [2.05, 4.69) is 4.98 Å². The molecule has 0 saturated heterocycles. The van der Waals surface area contributed by atoms with Crippen molar-refractivity contribution in [3.8, 4) is 11.4 Å². The summed E-state index contributed by atoms with van der Waals surface area (Å²) >= 11 is 0. The van der Waals surface area contributed by atoms with Crippen molar-refractivity contribution in [2.24, 2.45) is 0 Å². The lowest BCUT2D eigenvalue weighted by molar-refractivity contribution is -0.384. The number of imidazole rings is 1. The van der Waals surface area contributed by atoms with Crippen LogP contribution in [0.3, 0.4) is 0 Å². The molecule has 1 amide bonds. The van der Waals surface area contributed by atoms with Gasteiger partial charge in [-0.05, 0) is 25.1 Å². The predicted octanol–water partition coefficient (Wildman–Crippen LogP) is 3.62. The maximum atomic E-state index is 13.0. The lowest BCUT2D eigenvalue weighted by Gasteiger charge is -2.26. The number of nitro groups is 1. The number of methoxy groups -OCH3 is 1. The Morgan fingerprint density at radius 2 is 2.04 bits per heavy atom. The average Bonchev–Trinajstić information content (AvgIpc) is 3.26. The number of ether oxygens (including phenoxy) is 1. The van der Waals surface area contributed by atoms with E-state index in [4.69, 9.17) is 4.74 Å². The maximum absolute atomic E-state index is 13.0. The molecular formula is C20H20N4O4. The lowest BCUT2D eigenvalue weighted by Crippen LogP contribution is -2.30. The number of carbonyl (C=O) groups is 1. The van der Waals surface area contributed by atoms with Crippen LogP contribution < -0.4 is 4.74 Å². The van der Waals surface area contributed by atoms with Crippen molar-refractivity contribution in [3.05, 3.63) is 82.4 Å². The molecule has 0 radical (unpaired) electrons. The monoisotopic (exact) mass is 380 g/mol. The Kier molecular flexibility index (Phi) is 5.39. The fraction of sp³-hybridized carbons (Fsp3) is 0.200. The zero-order valence-electron chi connectivity index (χ0n) is 15.8. The molecule has 3 aromatic rings. The number of carbonyl (C=O) groups excluding carboxylic acids is 1. The first-order valence-corrected chi connectivity index (χ1v) is 8.61. The van der Waals surface area contributed by atoms with Gasteiger partial charge in [-0.25, -0.2) is 4.98 Å². The highest BCUT2D eigenvalue weighted by atomic mass is 16.6. The predicted molar refractivity (Wildman–Crippen MR) is 104 cm³/mol. The molecule has 0 bridgehead atoms. The van der Waals surface area contributed by atoms with Crippen LogP contribution in [0.5, 0.6) is 5.75 Å². The number of benzene rings is 2. The van der Waals surface area contributed by atoms with E-state index in [1.807, 2.05) is 31.2 Å². The quantitative estimate of drug-likeness (QED) is 0.481. The van der Waals surface area contributed by atoms with Crippen molar-refractivity contribution in [1.82, 2.24) is 14.5 Å². The van der Waals surface area contributed by atoms with Crippen LogP contribution in [0.2, 0.25) is 0 Å². The van der Waals surface area contributed by atoms with E-state index in [0.29, 0.717) is 11.4 Å². The van der Waals surface area contributed by atoms with Crippen LogP contribution in [0.1, 0.15) is 28.9 Å². The largest absolute Gasteiger partial charge is 0.496 e. The van der Waals surface area contributed by atoms with E-state index < -0.39 is 4.92 Å². The van der Waals surface area contributed by atoms with Crippen molar-refractivity contribution in [2.75, 3.05) is 14.2 Å². The molecule has 144 valence electrons. The molecule has 8 heteroatoms. The zero-order valence-corrected chi connectivity index (χ0v) is 15.8. The highest BCUT2D eigenvalue weighted by Crippen LogP contribution is 2.30. The topological polar surface area (TPSA) is 90.5 Å². The van der Waals surface area contributed by atoms with E-state index in [-0.39, 0.29) is 23.2 Å². The van der Waals surface area contributed by atoms with E-state index in [9.17, 15) is 14.9 Å². The van der Waals surface area contributed by atoms with Crippen LogP contribution >= 0.6 is 0 Å². The summed E-state index contributed by atoms with van der Waals surface area (Å²) in [7, 11) is 3.24. The minimum absolute atomic E-state index is 0.165. The van der Waals surface area contributed by atoms with Gasteiger partial charge >= 0.3 is 0 Å². The van der Waals surface area contributed by atoms with Crippen molar-refractivity contribution >= 4 is 11.6 Å². The maximum Gasteiger partial charge on any atom is 0.294 e. The molecule has 0 N–H and O–H groups in total. The van der Waals surface area contributed by atoms with Crippen molar-refractivity contribution in [3.63, 3.8) is 0 Å². The third-order valence-electron chi connectivity index (χ3n) is 4.69. The third kappa shape index (κ3) is 3.57. The van der Waals surface area contributed by atoms with Gasteiger partial charge in [0.2, 0.25) is 0 Å². The van der Waals surface area contributed by atoms with Gasteiger partial charge in [0.15, 0.2) is 0 Å². The minimum atomic E-state index is -0.504. The molecule has 0 aliphatic rings. The Bertz CT molecular complexity index is 1000. The Morgan fingerprint density at radius 3 is 2.68 bits per heavy atom. The molecule has 1 heterocycles. The summed E-state index contributed by atoms with van der Waals surface area (Å²) in [6, 6.07) is 11.6. The van der Waals surface area contributed by atoms with Gasteiger partial charge in [0.25, 0.3) is 11.6 Å². The third-order valence-corrected chi connectivity index (χ3v) is 4.69. The van der Waals surface area contributed by atoms with Crippen molar-refractivity contribution in [1.29, 1.82) is 0 Å². The first-order valence-electron chi connectivity index (χ1n) is 8.61. The SMILES string of the molecule is COc1ccccc1C(C)N(C)C(=O)c1ccc(-n2ccnc2)c([N+](=O)[O-])c1. The van der Waals surface area contributed by atoms with Crippen LogP contribution in [0.15, 0.2) is 61.2 Å². The summed E-state index contributed by atoms with van der Waals surface area (Å²) in [6.45, 7) is 1.88. The Hall–Kier alpha value is -3.68. The number of amides is 1. The molecule has 2 aromatic carbocycles. The molecule has 0 aliphatic carbocycles. The van der Waals surface area contributed by atoms with Crippen LogP contribution in [0, 0.1) is 10.1 Å².